The molecule has 0 radical (unpaired) electrons. The van der Waals surface area contributed by atoms with E-state index in [1.54, 1.807) is 0 Å². The first-order chi connectivity index (χ1) is 9.90. The van der Waals surface area contributed by atoms with Crippen molar-refractivity contribution in [3.8, 4) is 0 Å². The molecule has 2 heterocycles. The first-order valence-electron chi connectivity index (χ1n) is 5.29. The van der Waals surface area contributed by atoms with Crippen LogP contribution in [-0.2, 0) is 0 Å². The average Bonchev–Trinajstić information content (AvgIpc) is 2.95. The molecule has 0 bridgehead atoms. The van der Waals surface area contributed by atoms with Crippen molar-refractivity contribution in [3.05, 3.63) is 48.7 Å². The molecule has 13 heteroatoms. The molecule has 13 nitrogen and oxygen atoms in total. The van der Waals surface area contributed by atoms with Gasteiger partial charge in [0.05, 0.1) is 26.7 Å². The monoisotopic (exact) mass is 294 g/mol. The number of nitro groups is 3. The van der Waals surface area contributed by atoms with Crippen LogP contribution < -0.4 is 4.52 Å². The lowest BCUT2D eigenvalue weighted by Crippen LogP contribution is -2.29. The summed E-state index contributed by atoms with van der Waals surface area (Å²) in [5, 5.41) is 38.9. The Bertz CT molecular complexity index is 940. The number of aromatic nitrogens is 4. The van der Waals surface area contributed by atoms with Crippen LogP contribution in [0.5, 0.6) is 0 Å². The van der Waals surface area contributed by atoms with Crippen molar-refractivity contribution in [1.29, 1.82) is 0 Å². The van der Waals surface area contributed by atoms with Gasteiger partial charge in [-0.15, -0.1) is 0 Å². The van der Waals surface area contributed by atoms with E-state index < -0.39 is 32.0 Å². The number of H-pyrrole nitrogens is 1. The Morgan fingerprint density at radius 1 is 1.10 bits per heavy atom. The van der Waals surface area contributed by atoms with Crippen molar-refractivity contribution < 1.29 is 19.3 Å². The number of hydrogen-bond acceptors (Lipinski definition) is 7. The normalized spacial score (nSPS) is 11.0. The molecule has 0 saturated heterocycles. The predicted molar refractivity (Wildman–Crippen MR) is 62.7 cm³/mol. The highest BCUT2D eigenvalue weighted by Crippen LogP contribution is 2.28. The van der Waals surface area contributed by atoms with E-state index in [0.717, 1.165) is 27.6 Å². The zero-order valence-corrected chi connectivity index (χ0v) is 9.86. The van der Waals surface area contributed by atoms with Crippen LogP contribution in [0.15, 0.2) is 18.3 Å². The third-order valence-electron chi connectivity index (χ3n) is 2.81. The summed E-state index contributed by atoms with van der Waals surface area (Å²) in [6.07, 6.45) is 0.917. The van der Waals surface area contributed by atoms with Crippen LogP contribution in [0, 0.1) is 30.3 Å². The van der Waals surface area contributed by atoms with Gasteiger partial charge in [-0.3, -0.25) is 30.3 Å². The van der Waals surface area contributed by atoms with Gasteiger partial charge in [-0.05, 0) is 0 Å². The second kappa shape index (κ2) is 3.92. The molecule has 0 saturated carbocycles. The molecule has 0 unspecified atom stereocenters. The van der Waals surface area contributed by atoms with Crippen molar-refractivity contribution in [2.24, 2.45) is 0 Å². The fraction of sp³-hybridized carbons (Fsp3) is 0. The summed E-state index contributed by atoms with van der Waals surface area (Å²) in [4.78, 5) is 30.3. The predicted octanol–water partition coefficient (Wildman–Crippen LogP) is 0.126. The van der Waals surface area contributed by atoms with Crippen LogP contribution in [0.2, 0.25) is 0 Å². The van der Waals surface area contributed by atoms with Gasteiger partial charge in [-0.1, -0.05) is 5.10 Å². The molecule has 1 aromatic carbocycles. The number of fused-ring (bicyclic) bond motifs is 3. The Hall–Kier alpha value is -3.64. The zero-order valence-electron chi connectivity index (χ0n) is 9.86. The fourth-order valence-electron chi connectivity index (χ4n) is 1.97. The van der Waals surface area contributed by atoms with Crippen LogP contribution in [0.4, 0.5) is 17.2 Å². The van der Waals surface area contributed by atoms with Crippen LogP contribution in [0.1, 0.15) is 0 Å². The first-order valence-corrected chi connectivity index (χ1v) is 5.29. The number of aromatic amines is 1. The van der Waals surface area contributed by atoms with E-state index in [9.17, 15) is 30.3 Å². The molecular formula is C8H4N7O6+. The van der Waals surface area contributed by atoms with E-state index in [4.69, 9.17) is 0 Å². The molecule has 1 N–H and O–H groups in total. The van der Waals surface area contributed by atoms with E-state index in [1.807, 2.05) is 0 Å². The molecule has 0 spiro atoms. The topological polar surface area (TPSA) is 167 Å². The van der Waals surface area contributed by atoms with Gasteiger partial charge < -0.3 is 0 Å². The van der Waals surface area contributed by atoms with Crippen molar-refractivity contribution >= 4 is 28.2 Å². The lowest BCUT2D eigenvalue weighted by molar-refractivity contribution is -0.655. The van der Waals surface area contributed by atoms with Gasteiger partial charge in [0.25, 0.3) is 11.2 Å². The lowest BCUT2D eigenvalue weighted by Gasteiger charge is -1.91. The summed E-state index contributed by atoms with van der Waals surface area (Å²) in [6.45, 7) is 0. The summed E-state index contributed by atoms with van der Waals surface area (Å²) in [5.41, 5.74) is -1.34. The van der Waals surface area contributed by atoms with Crippen LogP contribution >= 0.6 is 0 Å². The fourth-order valence-corrected chi connectivity index (χ4v) is 1.97. The summed E-state index contributed by atoms with van der Waals surface area (Å²) in [7, 11) is 0. The van der Waals surface area contributed by atoms with Crippen molar-refractivity contribution in [1.82, 2.24) is 14.9 Å². The Morgan fingerprint density at radius 3 is 2.38 bits per heavy atom. The highest BCUT2D eigenvalue weighted by atomic mass is 16.6. The molecule has 0 atom stereocenters. The number of benzene rings is 1. The quantitative estimate of drug-likeness (QED) is 0.406. The molecule has 0 fully saturated rings. The smallest absolute Gasteiger partial charge is 0.258 e. The maximum Gasteiger partial charge on any atom is 0.554 e. The molecule has 0 aliphatic carbocycles. The van der Waals surface area contributed by atoms with Crippen LogP contribution in [0.3, 0.4) is 0 Å². The molecule has 21 heavy (non-hydrogen) atoms. The second-order valence-electron chi connectivity index (χ2n) is 3.95. The second-order valence-corrected chi connectivity index (χ2v) is 3.95. The van der Waals surface area contributed by atoms with Gasteiger partial charge in [-0.25, -0.2) is 5.10 Å². The number of nitrogens with zero attached hydrogens (tertiary/aromatic N) is 6. The Kier molecular flexibility index (Phi) is 2.32. The maximum absolute atomic E-state index is 11.0. The summed E-state index contributed by atoms with van der Waals surface area (Å²) < 4.78 is 1.79. The molecule has 3 aromatic rings. The third kappa shape index (κ3) is 1.64. The Balaban J connectivity index is 2.52. The van der Waals surface area contributed by atoms with Gasteiger partial charge in [0, 0.05) is 4.52 Å². The maximum atomic E-state index is 11.0. The van der Waals surface area contributed by atoms with Crippen molar-refractivity contribution in [2.75, 3.05) is 0 Å². The van der Waals surface area contributed by atoms with Gasteiger partial charge in [0.2, 0.25) is 11.7 Å². The largest absolute Gasteiger partial charge is 0.554 e. The molecule has 0 aliphatic heterocycles. The van der Waals surface area contributed by atoms with Gasteiger partial charge in [0.1, 0.15) is 4.92 Å². The highest BCUT2D eigenvalue weighted by molar-refractivity contribution is 5.84. The molecule has 0 aliphatic rings. The van der Waals surface area contributed by atoms with Crippen LogP contribution in [-0.4, -0.2) is 29.7 Å². The van der Waals surface area contributed by atoms with Gasteiger partial charge in [0.15, 0.2) is 0 Å². The Morgan fingerprint density at radius 2 is 1.81 bits per heavy atom. The van der Waals surface area contributed by atoms with E-state index in [-0.39, 0.29) is 11.0 Å². The zero-order chi connectivity index (χ0) is 15.3. The van der Waals surface area contributed by atoms with Crippen molar-refractivity contribution in [2.45, 2.75) is 0 Å². The first kappa shape index (κ1) is 12.4. The lowest BCUT2D eigenvalue weighted by atomic mass is 10.2. The minimum Gasteiger partial charge on any atom is -0.258 e. The number of hydrogen-bond donors (Lipinski definition) is 1. The number of rotatable bonds is 3. The molecule has 0 amide bonds. The standard InChI is InChI=1S/C8H4N7O6/c16-12(17)4-1-5-8(6(2-4)13(18)19)10-15-9-3-7(11(5)15)14(20)21/h1-3H,(H,9,10)/q+1. The summed E-state index contributed by atoms with van der Waals surface area (Å²) in [6, 6.07) is 1.76. The summed E-state index contributed by atoms with van der Waals surface area (Å²) >= 11 is 0. The highest BCUT2D eigenvalue weighted by Gasteiger charge is 2.34. The summed E-state index contributed by atoms with van der Waals surface area (Å²) in [5.74, 6) is -0.490. The average molecular weight is 294 g/mol. The van der Waals surface area contributed by atoms with E-state index in [2.05, 4.69) is 10.2 Å². The number of nitro benzene ring substituents is 2. The van der Waals surface area contributed by atoms with Gasteiger partial charge in [-0.2, -0.15) is 0 Å². The SMILES string of the molecule is O=[N+]([O-])c1cc([N+](=O)[O-])c2[nH]n3ncc([N+](=O)[O-])[n+]3c2c1. The Labute approximate surface area is 112 Å². The minimum atomic E-state index is -0.822. The third-order valence-corrected chi connectivity index (χ3v) is 2.81. The minimum absolute atomic E-state index is 0.0971. The van der Waals surface area contributed by atoms with Gasteiger partial charge >= 0.3 is 11.5 Å². The number of nitrogens with one attached hydrogen (secondary N) is 1. The molecule has 2 aromatic heterocycles. The molecule has 106 valence electrons. The number of non-ortho nitro benzene ring substituents is 2. The van der Waals surface area contributed by atoms with Crippen molar-refractivity contribution in [3.63, 3.8) is 0 Å². The van der Waals surface area contributed by atoms with E-state index in [1.165, 1.54) is 0 Å². The molecular weight excluding hydrogens is 290 g/mol. The van der Waals surface area contributed by atoms with E-state index >= 15 is 0 Å². The van der Waals surface area contributed by atoms with Crippen LogP contribution in [0.25, 0.3) is 11.0 Å². The van der Waals surface area contributed by atoms with E-state index in [0.29, 0.717) is 0 Å². The molecule has 3 rings (SSSR count).